The fourth-order valence-corrected chi connectivity index (χ4v) is 7.09. The van der Waals surface area contributed by atoms with Gasteiger partial charge in [-0.1, -0.05) is 13.3 Å². The van der Waals surface area contributed by atoms with E-state index < -0.39 is 6.09 Å². The summed E-state index contributed by atoms with van der Waals surface area (Å²) in [6.07, 6.45) is 7.37. The minimum absolute atomic E-state index is 0.103. The SMILES string of the molecule is CCC1C(N2CCC3(CC2)OC(=O)NC32CCC2)CC12CCN(C(=O)O)C2. The maximum Gasteiger partial charge on any atom is 0.408 e. The van der Waals surface area contributed by atoms with Gasteiger partial charge in [0.05, 0.1) is 5.54 Å². The second-order valence-corrected chi connectivity index (χ2v) is 9.58. The van der Waals surface area contributed by atoms with Crippen LogP contribution in [0.2, 0.25) is 0 Å². The number of piperidine rings is 1. The molecule has 2 amide bonds. The summed E-state index contributed by atoms with van der Waals surface area (Å²) in [5.41, 5.74) is -0.201. The van der Waals surface area contributed by atoms with E-state index in [9.17, 15) is 14.7 Å². The molecule has 7 nitrogen and oxygen atoms in total. The molecular formula is C20H31N3O4. The van der Waals surface area contributed by atoms with Gasteiger partial charge >= 0.3 is 12.2 Å². The van der Waals surface area contributed by atoms with Crippen LogP contribution in [0.1, 0.15) is 58.3 Å². The van der Waals surface area contributed by atoms with E-state index in [1.54, 1.807) is 4.90 Å². The van der Waals surface area contributed by atoms with Crippen LogP contribution < -0.4 is 5.32 Å². The molecule has 0 aromatic rings. The molecule has 27 heavy (non-hydrogen) atoms. The summed E-state index contributed by atoms with van der Waals surface area (Å²) in [5.74, 6) is 0.581. The van der Waals surface area contributed by atoms with Crippen LogP contribution in [0.25, 0.3) is 0 Å². The van der Waals surface area contributed by atoms with Crippen molar-refractivity contribution in [3.8, 4) is 0 Å². The molecule has 5 aliphatic rings. The number of fused-ring (bicyclic) bond motifs is 1. The van der Waals surface area contributed by atoms with Crippen molar-refractivity contribution in [2.75, 3.05) is 26.2 Å². The topological polar surface area (TPSA) is 82.1 Å². The Hall–Kier alpha value is -1.50. The van der Waals surface area contributed by atoms with Crippen molar-refractivity contribution in [1.82, 2.24) is 15.1 Å². The summed E-state index contributed by atoms with van der Waals surface area (Å²) in [6.45, 7) is 5.61. The number of amides is 2. The number of hydrogen-bond acceptors (Lipinski definition) is 4. The van der Waals surface area contributed by atoms with Crippen LogP contribution in [0.4, 0.5) is 9.59 Å². The highest BCUT2D eigenvalue weighted by Gasteiger charge is 2.65. The van der Waals surface area contributed by atoms with Gasteiger partial charge in [0, 0.05) is 45.1 Å². The van der Waals surface area contributed by atoms with Gasteiger partial charge < -0.3 is 20.1 Å². The Morgan fingerprint density at radius 3 is 2.52 bits per heavy atom. The summed E-state index contributed by atoms with van der Waals surface area (Å²) in [7, 11) is 0. The highest BCUT2D eigenvalue weighted by Crippen LogP contribution is 2.58. The number of carbonyl (C=O) groups is 2. The highest BCUT2D eigenvalue weighted by atomic mass is 16.6. The normalized spacial score (nSPS) is 39.3. The zero-order chi connectivity index (χ0) is 18.9. The van der Waals surface area contributed by atoms with E-state index in [-0.39, 0.29) is 22.6 Å². The Kier molecular flexibility index (Phi) is 3.75. The van der Waals surface area contributed by atoms with E-state index in [4.69, 9.17) is 4.74 Å². The first-order chi connectivity index (χ1) is 12.9. The molecule has 3 aliphatic heterocycles. The molecule has 2 aliphatic carbocycles. The largest absolute Gasteiger partial charge is 0.465 e. The standard InChI is InChI=1S/C20H31N3O4/c1-2-14-15(12-18(14)6-9-23(13-18)17(25)26)22-10-7-20(8-11-22)19(4-3-5-19)21-16(24)27-20/h14-15H,2-13H2,1H3,(H,21,24)(H,25,26). The van der Waals surface area contributed by atoms with Crippen LogP contribution in [0, 0.1) is 11.3 Å². The number of nitrogens with zero attached hydrogens (tertiary/aromatic N) is 2. The number of nitrogens with one attached hydrogen (secondary N) is 1. The first-order valence-corrected chi connectivity index (χ1v) is 10.7. The summed E-state index contributed by atoms with van der Waals surface area (Å²) in [5, 5.41) is 12.5. The van der Waals surface area contributed by atoms with Gasteiger partial charge in [-0.15, -0.1) is 0 Å². The quantitative estimate of drug-likeness (QED) is 0.773. The van der Waals surface area contributed by atoms with E-state index in [0.29, 0.717) is 25.0 Å². The second-order valence-electron chi connectivity index (χ2n) is 9.58. The average Bonchev–Trinajstić information content (AvgIpc) is 3.16. The molecule has 5 fully saturated rings. The van der Waals surface area contributed by atoms with Gasteiger partial charge in [0.1, 0.15) is 5.60 Å². The van der Waals surface area contributed by atoms with Crippen LogP contribution in [-0.4, -0.2) is 70.5 Å². The average molecular weight is 377 g/mol. The van der Waals surface area contributed by atoms with Crippen LogP contribution in [0.3, 0.4) is 0 Å². The zero-order valence-corrected chi connectivity index (χ0v) is 16.2. The first kappa shape index (κ1) is 17.6. The number of rotatable bonds is 2. The van der Waals surface area contributed by atoms with E-state index in [0.717, 1.165) is 58.0 Å². The number of hydrogen-bond donors (Lipinski definition) is 2. The maximum atomic E-state index is 12.0. The molecule has 2 saturated carbocycles. The third-order valence-corrected chi connectivity index (χ3v) is 8.75. The number of carbonyl (C=O) groups excluding carboxylic acids is 1. The molecule has 0 radical (unpaired) electrons. The monoisotopic (exact) mass is 377 g/mol. The lowest BCUT2D eigenvalue weighted by Gasteiger charge is -2.60. The predicted octanol–water partition coefficient (Wildman–Crippen LogP) is 2.65. The van der Waals surface area contributed by atoms with Crippen LogP contribution >= 0.6 is 0 Å². The smallest absolute Gasteiger partial charge is 0.408 e. The van der Waals surface area contributed by atoms with Gasteiger partial charge in [0.25, 0.3) is 0 Å². The van der Waals surface area contributed by atoms with E-state index >= 15 is 0 Å². The summed E-state index contributed by atoms with van der Waals surface area (Å²) < 4.78 is 5.87. The third-order valence-electron chi connectivity index (χ3n) is 8.75. The molecule has 3 saturated heterocycles. The molecule has 0 bridgehead atoms. The molecule has 2 N–H and O–H groups in total. The van der Waals surface area contributed by atoms with Crippen molar-refractivity contribution in [2.45, 2.75) is 75.5 Å². The lowest BCUT2D eigenvalue weighted by atomic mass is 9.54. The van der Waals surface area contributed by atoms with Gasteiger partial charge in [-0.25, -0.2) is 9.59 Å². The van der Waals surface area contributed by atoms with Gasteiger partial charge in [-0.3, -0.25) is 4.90 Å². The zero-order valence-electron chi connectivity index (χ0n) is 16.2. The predicted molar refractivity (Wildman–Crippen MR) is 98.6 cm³/mol. The Bertz CT molecular complexity index is 656. The summed E-state index contributed by atoms with van der Waals surface area (Å²) in [4.78, 5) is 27.5. The van der Waals surface area contributed by atoms with Crippen molar-refractivity contribution in [1.29, 1.82) is 0 Å². The number of carboxylic acid groups (broad SMARTS) is 1. The van der Waals surface area contributed by atoms with Crippen molar-refractivity contribution in [3.05, 3.63) is 0 Å². The van der Waals surface area contributed by atoms with Gasteiger partial charge in [0.15, 0.2) is 0 Å². The van der Waals surface area contributed by atoms with Gasteiger partial charge in [0.2, 0.25) is 0 Å². The summed E-state index contributed by atoms with van der Waals surface area (Å²) in [6, 6.07) is 0.559. The Balaban J connectivity index is 1.25. The van der Waals surface area contributed by atoms with E-state index in [2.05, 4.69) is 17.1 Å². The number of likely N-dealkylation sites (tertiary alicyclic amines) is 2. The third kappa shape index (κ3) is 2.30. The van der Waals surface area contributed by atoms with Gasteiger partial charge in [-0.2, -0.15) is 0 Å². The highest BCUT2D eigenvalue weighted by molar-refractivity contribution is 5.73. The molecule has 3 spiro atoms. The molecular weight excluding hydrogens is 346 g/mol. The molecule has 3 heterocycles. The second kappa shape index (κ2) is 5.75. The lowest BCUT2D eigenvalue weighted by molar-refractivity contribution is -0.121. The number of ether oxygens (including phenoxy) is 1. The Morgan fingerprint density at radius 2 is 1.96 bits per heavy atom. The molecule has 3 unspecified atom stereocenters. The van der Waals surface area contributed by atoms with Crippen molar-refractivity contribution >= 4 is 12.2 Å². The molecule has 0 aromatic carbocycles. The molecule has 7 heteroatoms. The summed E-state index contributed by atoms with van der Waals surface area (Å²) >= 11 is 0. The Morgan fingerprint density at radius 1 is 1.22 bits per heavy atom. The molecule has 3 atom stereocenters. The van der Waals surface area contributed by atoms with E-state index in [1.807, 2.05) is 0 Å². The van der Waals surface area contributed by atoms with Gasteiger partial charge in [-0.05, 0) is 43.4 Å². The van der Waals surface area contributed by atoms with Crippen LogP contribution in [0.15, 0.2) is 0 Å². The molecule has 150 valence electrons. The van der Waals surface area contributed by atoms with Crippen molar-refractivity contribution < 1.29 is 19.4 Å². The van der Waals surface area contributed by atoms with Crippen LogP contribution in [0.5, 0.6) is 0 Å². The minimum Gasteiger partial charge on any atom is -0.465 e. The maximum absolute atomic E-state index is 12.0. The van der Waals surface area contributed by atoms with Crippen molar-refractivity contribution in [3.63, 3.8) is 0 Å². The molecule has 0 aromatic heterocycles. The molecule has 5 rings (SSSR count). The fourth-order valence-electron chi connectivity index (χ4n) is 7.09. The first-order valence-electron chi connectivity index (χ1n) is 10.7. The number of alkyl carbamates (subject to hydrolysis) is 1. The lowest BCUT2D eigenvalue weighted by Crippen LogP contribution is -2.67. The van der Waals surface area contributed by atoms with E-state index in [1.165, 1.54) is 6.42 Å². The van der Waals surface area contributed by atoms with Crippen molar-refractivity contribution in [2.24, 2.45) is 11.3 Å². The minimum atomic E-state index is -0.772. The Labute approximate surface area is 160 Å². The van der Waals surface area contributed by atoms with Crippen LogP contribution in [-0.2, 0) is 4.74 Å². The fraction of sp³-hybridized carbons (Fsp3) is 0.900.